The summed E-state index contributed by atoms with van der Waals surface area (Å²) >= 11 is 0. The molecule has 0 spiro atoms. The zero-order valence-electron chi connectivity index (χ0n) is 36.5. The van der Waals surface area contributed by atoms with Crippen LogP contribution in [0.3, 0.4) is 0 Å². The number of methoxy groups -OCH3 is 1. The molecule has 19 heteroatoms. The van der Waals surface area contributed by atoms with E-state index in [1.165, 1.54) is 0 Å². The fraction of sp³-hybridized carbons (Fsp3) is 0.545. The molecule has 2 aromatic carbocycles. The molecule has 344 valence electrons. The number of nitrogens with two attached hydrogens (primary N) is 2. The molecule has 2 heterocycles. The van der Waals surface area contributed by atoms with Crippen LogP contribution in [0.1, 0.15) is 69.4 Å². The molecule has 0 aromatic heterocycles. The maximum atomic E-state index is 13.6. The van der Waals surface area contributed by atoms with E-state index in [-0.39, 0.29) is 74.6 Å². The van der Waals surface area contributed by atoms with Crippen LogP contribution in [-0.4, -0.2) is 128 Å². The van der Waals surface area contributed by atoms with Gasteiger partial charge >= 0.3 is 6.03 Å². The van der Waals surface area contributed by atoms with Crippen molar-refractivity contribution in [2.24, 2.45) is 23.3 Å². The highest BCUT2D eigenvalue weighted by molar-refractivity contribution is 5.98. The highest BCUT2D eigenvalue weighted by Gasteiger charge is 2.37. The number of hydrogen-bond donors (Lipinski definition) is 8. The van der Waals surface area contributed by atoms with Crippen molar-refractivity contribution < 1.29 is 43.1 Å². The lowest BCUT2D eigenvalue weighted by Gasteiger charge is -2.32. The SMILES string of the molecule is COC(C(C)C(=O)NC(Cc1ccccc1)C(=O)NCc1ccc(NC(=O)C(CCCNC(N)=O)NC(=O)CNC(=O)CCC(=O)N2CCC(C(N)=O)CC2)cc1)C1CCCN1C. The van der Waals surface area contributed by atoms with Crippen molar-refractivity contribution in [1.82, 2.24) is 36.4 Å². The Morgan fingerprint density at radius 1 is 0.762 bits per heavy atom. The van der Waals surface area contributed by atoms with Gasteiger partial charge in [0.15, 0.2) is 0 Å². The van der Waals surface area contributed by atoms with Crippen molar-refractivity contribution in [2.75, 3.05) is 52.2 Å². The van der Waals surface area contributed by atoms with Gasteiger partial charge in [0.25, 0.3) is 0 Å². The van der Waals surface area contributed by atoms with Gasteiger partial charge in [0.2, 0.25) is 41.4 Å². The summed E-state index contributed by atoms with van der Waals surface area (Å²) in [6.07, 6.45) is 3.03. The number of rotatable bonds is 23. The summed E-state index contributed by atoms with van der Waals surface area (Å²) in [7, 11) is 3.63. The van der Waals surface area contributed by atoms with Gasteiger partial charge in [0, 0.05) is 70.2 Å². The number of nitrogens with zero attached hydrogens (tertiary/aromatic N) is 2. The molecule has 2 saturated heterocycles. The molecule has 0 aliphatic carbocycles. The van der Waals surface area contributed by atoms with E-state index in [1.807, 2.05) is 44.3 Å². The van der Waals surface area contributed by atoms with Crippen molar-refractivity contribution in [3.63, 3.8) is 0 Å². The van der Waals surface area contributed by atoms with Crippen molar-refractivity contribution >= 4 is 53.1 Å². The van der Waals surface area contributed by atoms with Crippen LogP contribution in [0.5, 0.6) is 0 Å². The van der Waals surface area contributed by atoms with E-state index >= 15 is 0 Å². The molecule has 2 aromatic rings. The fourth-order valence-electron chi connectivity index (χ4n) is 7.90. The van der Waals surface area contributed by atoms with Gasteiger partial charge in [0.1, 0.15) is 12.1 Å². The third kappa shape index (κ3) is 16.3. The second-order valence-corrected chi connectivity index (χ2v) is 16.2. The van der Waals surface area contributed by atoms with E-state index in [9.17, 15) is 38.4 Å². The highest BCUT2D eigenvalue weighted by Crippen LogP contribution is 2.25. The summed E-state index contributed by atoms with van der Waals surface area (Å²) in [6.45, 7) is 3.36. The molecule has 0 bridgehead atoms. The normalized spacial score (nSPS) is 17.3. The highest BCUT2D eigenvalue weighted by atomic mass is 16.5. The van der Waals surface area contributed by atoms with Crippen molar-refractivity contribution in [3.05, 3.63) is 65.7 Å². The third-order valence-corrected chi connectivity index (χ3v) is 11.6. The summed E-state index contributed by atoms with van der Waals surface area (Å²) in [5.74, 6) is -3.76. The van der Waals surface area contributed by atoms with Gasteiger partial charge in [-0.1, -0.05) is 49.4 Å². The van der Waals surface area contributed by atoms with Crippen LogP contribution in [0.25, 0.3) is 0 Å². The van der Waals surface area contributed by atoms with Crippen molar-refractivity contribution in [2.45, 2.75) is 95.5 Å². The molecule has 9 amide bonds. The van der Waals surface area contributed by atoms with Gasteiger partial charge in [-0.2, -0.15) is 0 Å². The minimum absolute atomic E-state index is 0.0711. The second kappa shape index (κ2) is 25.1. The Kier molecular flexibility index (Phi) is 19.8. The molecule has 2 aliphatic rings. The molecule has 63 heavy (non-hydrogen) atoms. The number of urea groups is 1. The molecular formula is C44H64N10O9. The number of carbonyl (C=O) groups excluding carboxylic acids is 8. The van der Waals surface area contributed by atoms with Gasteiger partial charge in [-0.15, -0.1) is 0 Å². The Morgan fingerprint density at radius 3 is 2.08 bits per heavy atom. The average molecular weight is 877 g/mol. The molecule has 2 aliphatic heterocycles. The predicted octanol–water partition coefficient (Wildman–Crippen LogP) is 0.268. The maximum Gasteiger partial charge on any atom is 0.312 e. The van der Waals surface area contributed by atoms with Gasteiger partial charge in [-0.05, 0) is 75.4 Å². The largest absolute Gasteiger partial charge is 0.379 e. The van der Waals surface area contributed by atoms with Crippen LogP contribution in [0, 0.1) is 11.8 Å². The number of amides is 9. The second-order valence-electron chi connectivity index (χ2n) is 16.2. The molecule has 0 radical (unpaired) electrons. The number of likely N-dealkylation sites (N-methyl/N-ethyl adjacent to an activating group) is 1. The smallest absolute Gasteiger partial charge is 0.312 e. The number of anilines is 1. The van der Waals surface area contributed by atoms with Crippen LogP contribution >= 0.6 is 0 Å². The minimum atomic E-state index is -1.05. The van der Waals surface area contributed by atoms with Gasteiger partial charge in [0.05, 0.1) is 18.6 Å². The number of hydrogen-bond acceptors (Lipinski definition) is 10. The lowest BCUT2D eigenvalue weighted by molar-refractivity contribution is -0.136. The molecule has 0 saturated carbocycles. The molecule has 5 unspecified atom stereocenters. The zero-order valence-corrected chi connectivity index (χ0v) is 36.5. The first-order valence-corrected chi connectivity index (χ1v) is 21.6. The van der Waals surface area contributed by atoms with Crippen LogP contribution in [0.2, 0.25) is 0 Å². The van der Waals surface area contributed by atoms with Gasteiger partial charge < -0.3 is 57.9 Å². The number of primary amides is 2. The van der Waals surface area contributed by atoms with Crippen molar-refractivity contribution in [1.29, 1.82) is 0 Å². The van der Waals surface area contributed by atoms with Crippen LogP contribution < -0.4 is 43.4 Å². The van der Waals surface area contributed by atoms with E-state index in [1.54, 1.807) is 36.3 Å². The Hall–Kier alpha value is -6.08. The topological polar surface area (TPSA) is 276 Å². The lowest BCUT2D eigenvalue weighted by Crippen LogP contribution is -2.53. The summed E-state index contributed by atoms with van der Waals surface area (Å²) < 4.78 is 5.80. The van der Waals surface area contributed by atoms with E-state index in [0.29, 0.717) is 38.0 Å². The maximum absolute atomic E-state index is 13.6. The number of benzene rings is 2. The molecule has 19 nitrogen and oxygen atoms in total. The number of carbonyl (C=O) groups is 8. The number of nitrogens with one attached hydrogen (secondary N) is 6. The Bertz CT molecular complexity index is 1870. The molecule has 2 fully saturated rings. The zero-order chi connectivity index (χ0) is 45.9. The first kappa shape index (κ1) is 49.6. The minimum Gasteiger partial charge on any atom is -0.379 e. The molecule has 5 atom stereocenters. The summed E-state index contributed by atoms with van der Waals surface area (Å²) in [6, 6.07) is 13.6. The van der Waals surface area contributed by atoms with E-state index < -0.39 is 54.2 Å². The Balaban J connectivity index is 1.29. The lowest BCUT2D eigenvalue weighted by atomic mass is 9.94. The summed E-state index contributed by atoms with van der Waals surface area (Å²) in [5.41, 5.74) is 12.5. The van der Waals surface area contributed by atoms with E-state index in [2.05, 4.69) is 36.8 Å². The molecule has 10 N–H and O–H groups in total. The third-order valence-electron chi connectivity index (χ3n) is 11.6. The summed E-state index contributed by atoms with van der Waals surface area (Å²) in [5, 5.41) is 16.2. The number of likely N-dealkylation sites (tertiary alicyclic amines) is 2. The number of ether oxygens (including phenoxy) is 1. The Morgan fingerprint density at radius 2 is 1.46 bits per heavy atom. The van der Waals surface area contributed by atoms with Crippen molar-refractivity contribution in [3.8, 4) is 0 Å². The fourth-order valence-corrected chi connectivity index (χ4v) is 7.90. The van der Waals surface area contributed by atoms with Crippen LogP contribution in [-0.2, 0) is 51.3 Å². The molecule has 4 rings (SSSR count). The van der Waals surface area contributed by atoms with E-state index in [0.717, 1.165) is 30.5 Å². The van der Waals surface area contributed by atoms with E-state index in [4.69, 9.17) is 16.2 Å². The predicted molar refractivity (Wildman–Crippen MR) is 234 cm³/mol. The Labute approximate surface area is 368 Å². The first-order chi connectivity index (χ1) is 30.1. The first-order valence-electron chi connectivity index (χ1n) is 21.6. The standard InChI is InChI=1S/C44H64N10O9/c1-28(39(63-3)35-12-8-22-53(35)2)41(59)52-34(25-29-9-5-4-6-10-29)42(60)49-26-30-13-15-32(16-14-30)50-43(61)33(11-7-21-47-44(46)62)51-37(56)27-48-36(55)17-18-38(57)54-23-19-31(20-24-54)40(45)58/h4-6,9-10,13-16,28,31,33-35,39H,7-8,11-12,17-27H2,1-3H3,(H2,45,58)(H,48,55)(H,49,60)(H,50,61)(H,51,56)(H,52,59)(H3,46,47,62). The van der Waals surface area contributed by atoms with Gasteiger partial charge in [-0.3, -0.25) is 33.6 Å². The number of piperidine rings is 1. The van der Waals surface area contributed by atoms with Crippen LogP contribution in [0.4, 0.5) is 10.5 Å². The monoisotopic (exact) mass is 876 g/mol. The summed E-state index contributed by atoms with van der Waals surface area (Å²) in [4.78, 5) is 105. The quantitative estimate of drug-likeness (QED) is 0.0706. The average Bonchev–Trinajstić information content (AvgIpc) is 3.70. The van der Waals surface area contributed by atoms with Gasteiger partial charge in [-0.25, -0.2) is 4.79 Å². The van der Waals surface area contributed by atoms with Crippen LogP contribution in [0.15, 0.2) is 54.6 Å². The molecular weight excluding hydrogens is 813 g/mol.